The molecule has 0 spiro atoms. The van der Waals surface area contributed by atoms with E-state index >= 15 is 0 Å². The normalized spacial score (nSPS) is 16.4. The van der Waals surface area contributed by atoms with E-state index in [2.05, 4.69) is 32.5 Å². The molecule has 5 rings (SSSR count). The van der Waals surface area contributed by atoms with Gasteiger partial charge in [0.25, 0.3) is 0 Å². The van der Waals surface area contributed by atoms with Crippen molar-refractivity contribution in [3.05, 3.63) is 95.9 Å². The number of para-hydroxylation sites is 1. The minimum absolute atomic E-state index is 0.0334. The molecule has 1 fully saturated rings. The summed E-state index contributed by atoms with van der Waals surface area (Å²) in [6.45, 7) is 0.708. The smallest absolute Gasteiger partial charge is 0.171 e. The number of carbonyl (C=O) groups is 1. The van der Waals surface area contributed by atoms with Crippen LogP contribution in [-0.4, -0.2) is 28.0 Å². The van der Waals surface area contributed by atoms with E-state index < -0.39 is 0 Å². The Kier molecular flexibility index (Phi) is 4.82. The molecule has 5 heteroatoms. The number of fused-ring (bicyclic) bond motifs is 1. The Morgan fingerprint density at radius 1 is 1.07 bits per heavy atom. The molecule has 2 aromatic heterocycles. The van der Waals surface area contributed by atoms with Crippen molar-refractivity contribution < 1.29 is 4.79 Å². The Bertz CT molecular complexity index is 1140. The molecule has 0 aliphatic carbocycles. The van der Waals surface area contributed by atoms with Crippen LogP contribution in [0.15, 0.2) is 79.1 Å². The highest BCUT2D eigenvalue weighted by atomic mass is 32.2. The highest BCUT2D eigenvalue weighted by molar-refractivity contribution is 8.00. The average molecular weight is 400 g/mol. The zero-order valence-electron chi connectivity index (χ0n) is 15.9. The van der Waals surface area contributed by atoms with Gasteiger partial charge in [0.05, 0.1) is 17.8 Å². The summed E-state index contributed by atoms with van der Waals surface area (Å²) >= 11 is 1.71. The van der Waals surface area contributed by atoms with Gasteiger partial charge in [-0.15, -0.1) is 0 Å². The molecule has 1 saturated heterocycles. The molecule has 0 saturated carbocycles. The number of hydrogen-bond donors (Lipinski definition) is 1. The van der Waals surface area contributed by atoms with Crippen LogP contribution < -0.4 is 4.31 Å². The van der Waals surface area contributed by atoms with Gasteiger partial charge in [-0.05, 0) is 35.7 Å². The molecule has 1 N–H and O–H groups in total. The minimum atomic E-state index is -0.0334. The fourth-order valence-corrected chi connectivity index (χ4v) is 5.10. The first kappa shape index (κ1) is 18.0. The topological polar surface area (TPSA) is 49.0 Å². The highest BCUT2D eigenvalue weighted by Gasteiger charge is 2.33. The second kappa shape index (κ2) is 7.76. The van der Waals surface area contributed by atoms with Gasteiger partial charge >= 0.3 is 0 Å². The molecule has 1 aliphatic heterocycles. The first-order valence-electron chi connectivity index (χ1n) is 9.78. The quantitative estimate of drug-likeness (QED) is 0.374. The minimum Gasteiger partial charge on any atom is -0.357 e. The third-order valence-electron chi connectivity index (χ3n) is 5.38. The Hall–Kier alpha value is -3.05. The van der Waals surface area contributed by atoms with Crippen molar-refractivity contribution in [2.45, 2.75) is 6.42 Å². The largest absolute Gasteiger partial charge is 0.357 e. The molecule has 0 bridgehead atoms. The van der Waals surface area contributed by atoms with E-state index in [0.29, 0.717) is 6.54 Å². The summed E-state index contributed by atoms with van der Waals surface area (Å²) < 4.78 is 2.18. The molecule has 1 unspecified atom stereocenters. The van der Waals surface area contributed by atoms with Gasteiger partial charge in [-0.25, -0.2) is 0 Å². The van der Waals surface area contributed by atoms with E-state index in [1.165, 1.54) is 5.56 Å². The van der Waals surface area contributed by atoms with E-state index in [0.717, 1.165) is 40.0 Å². The van der Waals surface area contributed by atoms with Crippen LogP contribution >= 0.6 is 11.9 Å². The number of aromatic amines is 1. The Morgan fingerprint density at radius 2 is 1.90 bits per heavy atom. The van der Waals surface area contributed by atoms with Gasteiger partial charge in [-0.3, -0.25) is 9.78 Å². The average Bonchev–Trinajstić information content (AvgIpc) is 3.40. The van der Waals surface area contributed by atoms with Gasteiger partial charge in [0.2, 0.25) is 0 Å². The summed E-state index contributed by atoms with van der Waals surface area (Å²) in [5.74, 6) is 0.985. The lowest BCUT2D eigenvalue weighted by Gasteiger charge is -2.16. The summed E-state index contributed by atoms with van der Waals surface area (Å²) in [6.07, 6.45) is 4.35. The summed E-state index contributed by atoms with van der Waals surface area (Å²) in [5, 5.41) is 1.02. The number of ketones is 1. The maximum atomic E-state index is 13.6. The van der Waals surface area contributed by atoms with Crippen molar-refractivity contribution >= 4 is 34.3 Å². The van der Waals surface area contributed by atoms with Crippen molar-refractivity contribution in [3.8, 4) is 0 Å². The van der Waals surface area contributed by atoms with Crippen LogP contribution in [0.2, 0.25) is 0 Å². The standard InChI is InChI=1S/C24H21N3OS/c28-24(18-15-27(29-16-18)19-9-6-12-25-14-19)23-20-10-4-5-11-21(20)26-22(23)13-17-7-2-1-3-8-17/h1-12,14,18,26H,13,15-16H2. The molecule has 1 aliphatic rings. The third kappa shape index (κ3) is 3.54. The molecule has 144 valence electrons. The van der Waals surface area contributed by atoms with Crippen molar-refractivity contribution in [2.24, 2.45) is 5.92 Å². The molecule has 1 atom stereocenters. The SMILES string of the molecule is O=C(c1c(Cc2ccccc2)[nH]c2ccccc12)C1CSN(c2cccnc2)C1. The number of benzene rings is 2. The Labute approximate surface area is 174 Å². The summed E-state index contributed by atoms with van der Waals surface area (Å²) in [6, 6.07) is 22.4. The lowest BCUT2D eigenvalue weighted by molar-refractivity contribution is 0.0941. The first-order valence-corrected chi connectivity index (χ1v) is 10.7. The van der Waals surface area contributed by atoms with E-state index in [4.69, 9.17) is 0 Å². The van der Waals surface area contributed by atoms with E-state index in [9.17, 15) is 4.79 Å². The van der Waals surface area contributed by atoms with E-state index in [1.54, 1.807) is 18.1 Å². The molecule has 4 nitrogen and oxygen atoms in total. The Morgan fingerprint density at radius 3 is 2.72 bits per heavy atom. The van der Waals surface area contributed by atoms with Gasteiger partial charge in [0.1, 0.15) is 0 Å². The zero-order valence-corrected chi connectivity index (χ0v) is 16.7. The lowest BCUT2D eigenvalue weighted by Crippen LogP contribution is -2.23. The summed E-state index contributed by atoms with van der Waals surface area (Å²) in [7, 11) is 0. The second-order valence-corrected chi connectivity index (χ2v) is 8.35. The van der Waals surface area contributed by atoms with E-state index in [1.807, 2.05) is 54.7 Å². The molecule has 3 heterocycles. The fourth-order valence-electron chi connectivity index (χ4n) is 3.94. The van der Waals surface area contributed by atoms with Gasteiger partial charge in [0, 0.05) is 47.1 Å². The summed E-state index contributed by atoms with van der Waals surface area (Å²) in [4.78, 5) is 21.3. The van der Waals surface area contributed by atoms with Gasteiger partial charge in [-0.2, -0.15) is 0 Å². The third-order valence-corrected chi connectivity index (χ3v) is 6.60. The molecular formula is C24H21N3OS. The maximum Gasteiger partial charge on any atom is 0.171 e. The van der Waals surface area contributed by atoms with Crippen LogP contribution in [0.5, 0.6) is 0 Å². The first-order chi connectivity index (χ1) is 14.3. The zero-order chi connectivity index (χ0) is 19.6. The molecule has 0 radical (unpaired) electrons. The summed E-state index contributed by atoms with van der Waals surface area (Å²) in [5.41, 5.74) is 5.13. The van der Waals surface area contributed by atoms with Gasteiger partial charge in [0.15, 0.2) is 5.78 Å². The number of pyridine rings is 1. The molecule has 0 amide bonds. The van der Waals surface area contributed by atoms with Crippen LogP contribution in [0.1, 0.15) is 21.6 Å². The van der Waals surface area contributed by atoms with E-state index in [-0.39, 0.29) is 11.7 Å². The van der Waals surface area contributed by atoms with Crippen molar-refractivity contribution in [1.82, 2.24) is 9.97 Å². The number of H-pyrrole nitrogens is 1. The van der Waals surface area contributed by atoms with Crippen molar-refractivity contribution in [3.63, 3.8) is 0 Å². The second-order valence-electron chi connectivity index (χ2n) is 7.32. The number of nitrogens with one attached hydrogen (secondary N) is 1. The number of nitrogens with zero attached hydrogens (tertiary/aromatic N) is 2. The lowest BCUT2D eigenvalue weighted by atomic mass is 9.94. The van der Waals surface area contributed by atoms with Gasteiger partial charge < -0.3 is 9.29 Å². The van der Waals surface area contributed by atoms with Crippen LogP contribution in [0, 0.1) is 5.92 Å². The Balaban J connectivity index is 1.47. The predicted octanol–water partition coefficient (Wildman–Crippen LogP) is 5.12. The fraction of sp³-hybridized carbons (Fsp3) is 0.167. The number of hydrogen-bond acceptors (Lipinski definition) is 4. The highest BCUT2D eigenvalue weighted by Crippen LogP contribution is 2.35. The number of carbonyl (C=O) groups excluding carboxylic acids is 1. The van der Waals surface area contributed by atoms with Crippen LogP contribution in [0.3, 0.4) is 0 Å². The van der Waals surface area contributed by atoms with Crippen LogP contribution in [-0.2, 0) is 6.42 Å². The maximum absolute atomic E-state index is 13.6. The number of rotatable bonds is 5. The predicted molar refractivity (Wildman–Crippen MR) is 119 cm³/mol. The monoisotopic (exact) mass is 399 g/mol. The molecule has 2 aromatic carbocycles. The molecule has 29 heavy (non-hydrogen) atoms. The number of aromatic nitrogens is 2. The van der Waals surface area contributed by atoms with Crippen LogP contribution in [0.4, 0.5) is 5.69 Å². The van der Waals surface area contributed by atoms with Crippen molar-refractivity contribution in [1.29, 1.82) is 0 Å². The van der Waals surface area contributed by atoms with Crippen LogP contribution in [0.25, 0.3) is 10.9 Å². The van der Waals surface area contributed by atoms with Crippen molar-refractivity contribution in [2.75, 3.05) is 16.6 Å². The number of Topliss-reactive ketones (excluding diaryl/α,β-unsaturated/α-hetero) is 1. The number of anilines is 1. The van der Waals surface area contributed by atoms with Gasteiger partial charge in [-0.1, -0.05) is 48.5 Å². The molecule has 4 aromatic rings. The molecular weight excluding hydrogens is 378 g/mol.